The van der Waals surface area contributed by atoms with Gasteiger partial charge in [-0.25, -0.2) is 4.98 Å². The maximum Gasteiger partial charge on any atom is 0.308 e. The van der Waals surface area contributed by atoms with E-state index < -0.39 is 17.3 Å². The normalized spacial score (nSPS) is 16.2. The monoisotopic (exact) mass is 477 g/mol. The minimum Gasteiger partial charge on any atom is -0.454 e. The van der Waals surface area contributed by atoms with Gasteiger partial charge in [0.15, 0.2) is 11.9 Å². The number of anilines is 1. The number of ether oxygens (including phenoxy) is 1. The van der Waals surface area contributed by atoms with E-state index in [-0.39, 0.29) is 23.7 Å². The Balaban J connectivity index is 1.31. The number of aromatic amines is 1. The molecule has 0 bridgehead atoms. The van der Waals surface area contributed by atoms with Crippen LogP contribution in [0.2, 0.25) is 0 Å². The van der Waals surface area contributed by atoms with Gasteiger partial charge in [-0.1, -0.05) is 42.5 Å². The first kappa shape index (κ1) is 21.4. The van der Waals surface area contributed by atoms with E-state index in [0.29, 0.717) is 10.2 Å². The number of amides is 1. The van der Waals surface area contributed by atoms with Crippen molar-refractivity contribution in [3.05, 3.63) is 76.2 Å². The maximum atomic E-state index is 12.8. The Hall–Kier alpha value is -3.43. The van der Waals surface area contributed by atoms with Crippen molar-refractivity contribution < 1.29 is 14.3 Å². The minimum atomic E-state index is -0.763. The van der Waals surface area contributed by atoms with Crippen LogP contribution in [-0.4, -0.2) is 27.1 Å². The number of para-hydroxylation sites is 1. The van der Waals surface area contributed by atoms with Gasteiger partial charge in [-0.05, 0) is 24.6 Å². The molecule has 2 aromatic heterocycles. The van der Waals surface area contributed by atoms with Crippen LogP contribution in [0.4, 0.5) is 5.69 Å². The summed E-state index contributed by atoms with van der Waals surface area (Å²) in [5.41, 5.74) is 2.22. The minimum absolute atomic E-state index is 0.0845. The molecule has 0 fully saturated rings. The lowest BCUT2D eigenvalue weighted by atomic mass is 10.1. The predicted molar refractivity (Wildman–Crippen MR) is 130 cm³/mol. The molecular weight excluding hydrogens is 458 g/mol. The highest BCUT2D eigenvalue weighted by Gasteiger charge is 2.30. The van der Waals surface area contributed by atoms with Crippen molar-refractivity contribution in [1.82, 2.24) is 9.97 Å². The number of fused-ring (bicyclic) bond motifs is 2. The maximum absolute atomic E-state index is 12.8. The molecule has 1 amide bonds. The van der Waals surface area contributed by atoms with Gasteiger partial charge in [0.25, 0.3) is 5.56 Å². The Morgan fingerprint density at radius 1 is 1.12 bits per heavy atom. The van der Waals surface area contributed by atoms with E-state index in [1.807, 2.05) is 60.0 Å². The van der Waals surface area contributed by atoms with Gasteiger partial charge in [-0.3, -0.25) is 14.4 Å². The van der Waals surface area contributed by atoms with Crippen LogP contribution in [0, 0.1) is 0 Å². The van der Waals surface area contributed by atoms with Crippen LogP contribution >= 0.6 is 23.1 Å². The van der Waals surface area contributed by atoms with Gasteiger partial charge in [0.2, 0.25) is 5.91 Å². The summed E-state index contributed by atoms with van der Waals surface area (Å²) in [6.07, 6.45) is -0.848. The number of carbonyl (C=O) groups is 2. The fourth-order valence-corrected chi connectivity index (χ4v) is 5.72. The molecule has 9 heteroatoms. The number of hydrogen-bond acceptors (Lipinski definition) is 7. The molecule has 33 heavy (non-hydrogen) atoms. The van der Waals surface area contributed by atoms with E-state index in [2.05, 4.69) is 15.3 Å². The van der Waals surface area contributed by atoms with Crippen LogP contribution in [0.15, 0.2) is 69.7 Å². The Morgan fingerprint density at radius 2 is 1.88 bits per heavy atom. The van der Waals surface area contributed by atoms with Crippen LogP contribution in [0.1, 0.15) is 25.3 Å². The topological polar surface area (TPSA) is 101 Å². The summed E-state index contributed by atoms with van der Waals surface area (Å²) in [4.78, 5) is 46.5. The number of carbonyl (C=O) groups excluding carboxylic acids is 2. The van der Waals surface area contributed by atoms with E-state index >= 15 is 0 Å². The van der Waals surface area contributed by atoms with Gasteiger partial charge < -0.3 is 15.0 Å². The smallest absolute Gasteiger partial charge is 0.308 e. The summed E-state index contributed by atoms with van der Waals surface area (Å²) in [5, 5.41) is 4.65. The molecule has 1 aliphatic heterocycles. The molecule has 0 spiro atoms. The lowest BCUT2D eigenvalue weighted by Crippen LogP contribution is -2.31. The Bertz CT molecular complexity index is 1410. The lowest BCUT2D eigenvalue weighted by molar-refractivity contribution is -0.149. The highest BCUT2D eigenvalue weighted by Crippen LogP contribution is 2.37. The molecule has 166 valence electrons. The summed E-state index contributed by atoms with van der Waals surface area (Å²) >= 11 is 2.70. The number of esters is 1. The third-order valence-electron chi connectivity index (χ3n) is 5.30. The summed E-state index contributed by atoms with van der Waals surface area (Å²) in [6.45, 7) is 1.65. The van der Waals surface area contributed by atoms with Crippen molar-refractivity contribution in [2.75, 3.05) is 5.32 Å². The van der Waals surface area contributed by atoms with Gasteiger partial charge >= 0.3 is 5.97 Å². The van der Waals surface area contributed by atoms with Crippen molar-refractivity contribution in [3.8, 4) is 11.1 Å². The molecule has 0 unspecified atom stereocenters. The van der Waals surface area contributed by atoms with Gasteiger partial charge in [0.1, 0.15) is 4.83 Å². The van der Waals surface area contributed by atoms with Gasteiger partial charge in [-0.2, -0.15) is 0 Å². The van der Waals surface area contributed by atoms with Crippen molar-refractivity contribution in [3.63, 3.8) is 0 Å². The Morgan fingerprint density at radius 3 is 2.70 bits per heavy atom. The molecule has 7 nitrogen and oxygen atoms in total. The molecular formula is C24H19N3O4S2. The number of hydrogen-bond donors (Lipinski definition) is 2. The number of rotatable bonds is 5. The summed E-state index contributed by atoms with van der Waals surface area (Å²) in [5.74, 6) is -0.495. The zero-order chi connectivity index (χ0) is 22.9. The number of nitrogens with zero attached hydrogens (tertiary/aromatic N) is 1. The van der Waals surface area contributed by atoms with Crippen molar-refractivity contribution >= 4 is 50.9 Å². The Kier molecular flexibility index (Phi) is 5.74. The van der Waals surface area contributed by atoms with Crippen molar-refractivity contribution in [2.24, 2.45) is 0 Å². The number of nitrogens with one attached hydrogen (secondary N) is 2. The SMILES string of the molecule is C[C@@H](OC(=O)C[C@H]1Sc2ccccc2NC1=O)c1nc2scc(-c3ccccc3)c2c(=O)[nH]1. The molecule has 2 N–H and O–H groups in total. The number of H-pyrrole nitrogens is 1. The average Bonchev–Trinajstić information content (AvgIpc) is 3.25. The second kappa shape index (κ2) is 8.84. The van der Waals surface area contributed by atoms with Crippen LogP contribution in [0.25, 0.3) is 21.3 Å². The molecule has 4 aromatic rings. The molecule has 5 rings (SSSR count). The van der Waals surface area contributed by atoms with Gasteiger partial charge in [-0.15, -0.1) is 23.1 Å². The van der Waals surface area contributed by atoms with Crippen LogP contribution in [0.3, 0.4) is 0 Å². The lowest BCUT2D eigenvalue weighted by Gasteiger charge is -2.23. The van der Waals surface area contributed by atoms with Crippen LogP contribution in [0.5, 0.6) is 0 Å². The number of thioether (sulfide) groups is 1. The van der Waals surface area contributed by atoms with E-state index in [1.54, 1.807) is 6.92 Å². The molecule has 1 aliphatic rings. The third-order valence-corrected chi connectivity index (χ3v) is 7.45. The van der Waals surface area contributed by atoms with E-state index in [0.717, 1.165) is 21.7 Å². The highest BCUT2D eigenvalue weighted by atomic mass is 32.2. The molecule has 2 aromatic carbocycles. The fraction of sp³-hybridized carbons (Fsp3) is 0.167. The number of thiophene rings is 1. The van der Waals surface area contributed by atoms with Gasteiger partial charge in [0.05, 0.1) is 22.7 Å². The third kappa shape index (κ3) is 4.29. The predicted octanol–water partition coefficient (Wildman–Crippen LogP) is 4.76. The number of aromatic nitrogens is 2. The Labute approximate surface area is 197 Å². The van der Waals surface area contributed by atoms with Crippen molar-refractivity contribution in [2.45, 2.75) is 29.6 Å². The summed E-state index contributed by atoms with van der Waals surface area (Å²) in [7, 11) is 0. The molecule has 0 aliphatic carbocycles. The zero-order valence-corrected chi connectivity index (χ0v) is 19.2. The molecule has 3 heterocycles. The van der Waals surface area contributed by atoms with Gasteiger partial charge in [0, 0.05) is 15.8 Å². The van der Waals surface area contributed by atoms with E-state index in [4.69, 9.17) is 4.74 Å². The van der Waals surface area contributed by atoms with Crippen LogP contribution in [-0.2, 0) is 14.3 Å². The first-order valence-electron chi connectivity index (χ1n) is 10.3. The molecule has 0 saturated heterocycles. The molecule has 2 atom stereocenters. The molecule has 0 saturated carbocycles. The largest absolute Gasteiger partial charge is 0.454 e. The fourth-order valence-electron chi connectivity index (χ4n) is 3.67. The summed E-state index contributed by atoms with van der Waals surface area (Å²) in [6, 6.07) is 17.1. The highest BCUT2D eigenvalue weighted by molar-refractivity contribution is 8.01. The average molecular weight is 478 g/mol. The second-order valence-corrected chi connectivity index (χ2v) is 9.68. The van der Waals surface area contributed by atoms with E-state index in [1.165, 1.54) is 23.1 Å². The second-order valence-electron chi connectivity index (χ2n) is 7.57. The number of benzene rings is 2. The first-order chi connectivity index (χ1) is 16.0. The molecule has 0 radical (unpaired) electrons. The van der Waals surface area contributed by atoms with Crippen molar-refractivity contribution in [1.29, 1.82) is 0 Å². The van der Waals surface area contributed by atoms with E-state index in [9.17, 15) is 14.4 Å². The standard InChI is InChI=1S/C24H19N3O4S2/c1-13(31-19(28)11-18-22(29)25-16-9-5-6-10-17(16)33-18)21-26-23(30)20-15(12-32-24(20)27-21)14-7-3-2-4-8-14/h2-10,12-13,18H,11H2,1H3,(H,25,29)(H,26,27,30)/t13-,18-/m1/s1. The first-order valence-corrected chi connectivity index (χ1v) is 12.1. The quantitative estimate of drug-likeness (QED) is 0.402. The zero-order valence-electron chi connectivity index (χ0n) is 17.5. The summed E-state index contributed by atoms with van der Waals surface area (Å²) < 4.78 is 5.51. The van der Waals surface area contributed by atoms with Crippen LogP contribution < -0.4 is 10.9 Å².